The lowest BCUT2D eigenvalue weighted by Gasteiger charge is -2.25. The molecule has 4 rings (SSSR count). The largest absolute Gasteiger partial charge is 0.298 e. The van der Waals surface area contributed by atoms with E-state index in [1.165, 1.54) is 11.1 Å². The first-order valence-corrected chi connectivity index (χ1v) is 9.13. The third-order valence-electron chi connectivity index (χ3n) is 4.72. The lowest BCUT2D eigenvalue weighted by Crippen LogP contribution is -2.45. The summed E-state index contributed by atoms with van der Waals surface area (Å²) in [5.41, 5.74) is 8.59. The first-order chi connectivity index (χ1) is 13.7. The van der Waals surface area contributed by atoms with Gasteiger partial charge in [-0.3, -0.25) is 25.5 Å². The first kappa shape index (κ1) is 17.7. The maximum Gasteiger partial charge on any atom is 0.219 e. The zero-order valence-electron chi connectivity index (χ0n) is 15.5. The molecule has 1 aliphatic heterocycles. The second kappa shape index (κ2) is 7.92. The van der Waals surface area contributed by atoms with E-state index >= 15 is 0 Å². The number of aryl methyl sites for hydroxylation is 1. The average Bonchev–Trinajstić information content (AvgIpc) is 3.12. The quantitative estimate of drug-likeness (QED) is 0.677. The number of hydrazine groups is 1. The van der Waals surface area contributed by atoms with Crippen LogP contribution in [0.1, 0.15) is 11.1 Å². The van der Waals surface area contributed by atoms with Gasteiger partial charge in [0.05, 0.1) is 11.9 Å². The zero-order valence-corrected chi connectivity index (χ0v) is 15.5. The number of aliphatic imine (C=N–C) groups is 1. The molecule has 6 heteroatoms. The lowest BCUT2D eigenvalue weighted by atomic mass is 10.0. The highest BCUT2D eigenvalue weighted by Crippen LogP contribution is 2.28. The van der Waals surface area contributed by atoms with Gasteiger partial charge in [0, 0.05) is 18.2 Å². The normalized spacial score (nSPS) is 15.7. The second-order valence-electron chi connectivity index (χ2n) is 6.64. The summed E-state index contributed by atoms with van der Waals surface area (Å²) >= 11 is 0. The van der Waals surface area contributed by atoms with Gasteiger partial charge in [-0.15, -0.1) is 0 Å². The molecule has 1 atom stereocenters. The molecule has 3 aromatic rings. The number of amides is 1. The predicted molar refractivity (Wildman–Crippen MR) is 111 cm³/mol. The van der Waals surface area contributed by atoms with E-state index in [1.807, 2.05) is 41.5 Å². The van der Waals surface area contributed by atoms with Gasteiger partial charge in [0.15, 0.2) is 0 Å². The number of rotatable bonds is 5. The highest BCUT2D eigenvalue weighted by molar-refractivity contribution is 5.91. The molecule has 1 aliphatic rings. The first-order valence-electron chi connectivity index (χ1n) is 9.13. The summed E-state index contributed by atoms with van der Waals surface area (Å²) in [6.45, 7) is 2.09. The number of nitrogens with one attached hydrogen (secondary N) is 2. The summed E-state index contributed by atoms with van der Waals surface area (Å²) < 4.78 is 0. The van der Waals surface area contributed by atoms with Gasteiger partial charge in [0.2, 0.25) is 12.4 Å². The van der Waals surface area contributed by atoms with Gasteiger partial charge < -0.3 is 0 Å². The van der Waals surface area contributed by atoms with Crippen molar-refractivity contribution in [3.63, 3.8) is 0 Å². The zero-order chi connectivity index (χ0) is 19.3. The van der Waals surface area contributed by atoms with Crippen molar-refractivity contribution in [2.45, 2.75) is 19.5 Å². The minimum Gasteiger partial charge on any atom is -0.298 e. The highest BCUT2D eigenvalue weighted by Gasteiger charge is 2.27. The highest BCUT2D eigenvalue weighted by atomic mass is 16.1. The Balaban J connectivity index is 1.65. The van der Waals surface area contributed by atoms with E-state index in [0.717, 1.165) is 16.8 Å². The number of pyridine rings is 1. The smallest absolute Gasteiger partial charge is 0.219 e. The van der Waals surface area contributed by atoms with Crippen molar-refractivity contribution in [3.8, 4) is 11.1 Å². The fourth-order valence-corrected chi connectivity index (χ4v) is 3.35. The maximum absolute atomic E-state index is 10.9. The molecule has 1 amide bonds. The summed E-state index contributed by atoms with van der Waals surface area (Å²) in [6, 6.07) is 20.5. The predicted octanol–water partition coefficient (Wildman–Crippen LogP) is 3.05. The van der Waals surface area contributed by atoms with Crippen LogP contribution in [0.25, 0.3) is 11.1 Å². The second-order valence-corrected chi connectivity index (χ2v) is 6.64. The topological polar surface area (TPSA) is 69.6 Å². The minimum absolute atomic E-state index is 0.196. The lowest BCUT2D eigenvalue weighted by molar-refractivity contribution is -0.108. The van der Waals surface area contributed by atoms with Gasteiger partial charge in [-0.05, 0) is 29.7 Å². The minimum atomic E-state index is -0.196. The van der Waals surface area contributed by atoms with E-state index < -0.39 is 0 Å². The molecule has 1 aromatic heterocycles. The Bertz CT molecular complexity index is 1000. The van der Waals surface area contributed by atoms with E-state index in [9.17, 15) is 4.79 Å². The Kier molecular flexibility index (Phi) is 5.01. The Morgan fingerprint density at radius 1 is 1.11 bits per heavy atom. The van der Waals surface area contributed by atoms with Crippen LogP contribution in [0.15, 0.2) is 78.0 Å². The standard InChI is InChI=1S/C22H21N5O/c1-16-7-5-6-10-20(16)18-12-19(14-23-13-18)27-21(25-22(26-27)24-15-28)11-17-8-3-2-4-9-17/h2-10,12-15,21H,11H2,1H3,(H2,24,25,26,28). The Morgan fingerprint density at radius 2 is 1.89 bits per heavy atom. The van der Waals surface area contributed by atoms with Crippen molar-refractivity contribution in [1.82, 2.24) is 15.7 Å². The van der Waals surface area contributed by atoms with Gasteiger partial charge in [-0.25, -0.2) is 4.99 Å². The van der Waals surface area contributed by atoms with Crippen LogP contribution in [0.2, 0.25) is 0 Å². The number of guanidine groups is 1. The van der Waals surface area contributed by atoms with Crippen LogP contribution in [-0.2, 0) is 11.2 Å². The van der Waals surface area contributed by atoms with E-state index in [0.29, 0.717) is 18.8 Å². The molecule has 0 aliphatic carbocycles. The fourth-order valence-electron chi connectivity index (χ4n) is 3.35. The Labute approximate surface area is 163 Å². The van der Waals surface area contributed by atoms with E-state index in [4.69, 9.17) is 0 Å². The molecule has 0 bridgehead atoms. The van der Waals surface area contributed by atoms with Gasteiger partial charge in [-0.2, -0.15) is 0 Å². The summed E-state index contributed by atoms with van der Waals surface area (Å²) in [7, 11) is 0. The van der Waals surface area contributed by atoms with E-state index in [2.05, 4.69) is 58.0 Å². The molecule has 0 saturated heterocycles. The number of carbonyl (C=O) groups excluding carboxylic acids is 1. The van der Waals surface area contributed by atoms with Crippen molar-refractivity contribution in [1.29, 1.82) is 0 Å². The maximum atomic E-state index is 10.9. The number of hydrogen-bond donors (Lipinski definition) is 2. The van der Waals surface area contributed by atoms with Crippen molar-refractivity contribution >= 4 is 18.1 Å². The molecule has 2 aromatic carbocycles. The number of anilines is 1. The van der Waals surface area contributed by atoms with Gasteiger partial charge in [0.1, 0.15) is 6.17 Å². The van der Waals surface area contributed by atoms with Gasteiger partial charge >= 0.3 is 0 Å². The number of nitrogens with zero attached hydrogens (tertiary/aromatic N) is 3. The van der Waals surface area contributed by atoms with Crippen LogP contribution < -0.4 is 15.8 Å². The van der Waals surface area contributed by atoms with Gasteiger partial charge in [0.25, 0.3) is 0 Å². The van der Waals surface area contributed by atoms with Crippen LogP contribution in [0, 0.1) is 6.92 Å². The molecule has 0 saturated carbocycles. The molecule has 28 heavy (non-hydrogen) atoms. The van der Waals surface area contributed by atoms with Crippen LogP contribution in [-0.4, -0.2) is 23.5 Å². The summed E-state index contributed by atoms with van der Waals surface area (Å²) in [4.78, 5) is 19.9. The van der Waals surface area contributed by atoms with Crippen molar-refractivity contribution in [3.05, 3.63) is 84.2 Å². The molecule has 2 heterocycles. The van der Waals surface area contributed by atoms with Crippen molar-refractivity contribution < 1.29 is 4.79 Å². The van der Waals surface area contributed by atoms with E-state index in [1.54, 1.807) is 6.20 Å². The molecular formula is C22H21N5O. The SMILES string of the molecule is Cc1ccccc1-c1cncc(N2NC(NC=O)=NC2Cc2ccccc2)c1. The third kappa shape index (κ3) is 3.71. The van der Waals surface area contributed by atoms with E-state index in [-0.39, 0.29) is 6.17 Å². The van der Waals surface area contributed by atoms with Crippen LogP contribution in [0.5, 0.6) is 0 Å². The third-order valence-corrected chi connectivity index (χ3v) is 4.72. The Hall–Kier alpha value is -3.67. The number of carbonyl (C=O) groups is 1. The summed E-state index contributed by atoms with van der Waals surface area (Å²) in [5.74, 6) is 0.428. The fraction of sp³-hybridized carbons (Fsp3) is 0.136. The molecule has 0 spiro atoms. The monoisotopic (exact) mass is 371 g/mol. The number of hydrogen-bond acceptors (Lipinski definition) is 5. The molecule has 0 radical (unpaired) electrons. The summed E-state index contributed by atoms with van der Waals surface area (Å²) in [5, 5.41) is 4.55. The van der Waals surface area contributed by atoms with Crippen LogP contribution in [0.3, 0.4) is 0 Å². The van der Waals surface area contributed by atoms with Gasteiger partial charge in [-0.1, -0.05) is 54.6 Å². The molecule has 2 N–H and O–H groups in total. The van der Waals surface area contributed by atoms with Crippen LogP contribution >= 0.6 is 0 Å². The molecule has 140 valence electrons. The summed E-state index contributed by atoms with van der Waals surface area (Å²) in [6.07, 6.45) is 4.79. The number of aromatic nitrogens is 1. The van der Waals surface area contributed by atoms with Crippen molar-refractivity contribution in [2.24, 2.45) is 4.99 Å². The molecule has 1 unspecified atom stereocenters. The number of benzene rings is 2. The molecular weight excluding hydrogens is 350 g/mol. The Morgan fingerprint density at radius 3 is 2.68 bits per heavy atom. The average molecular weight is 371 g/mol. The molecule has 6 nitrogen and oxygen atoms in total. The molecule has 0 fully saturated rings. The van der Waals surface area contributed by atoms with Crippen LogP contribution in [0.4, 0.5) is 5.69 Å². The van der Waals surface area contributed by atoms with Crippen molar-refractivity contribution in [2.75, 3.05) is 5.01 Å².